The highest BCUT2D eigenvalue weighted by Gasteiger charge is 2.42. The van der Waals surface area contributed by atoms with Crippen molar-refractivity contribution in [1.82, 2.24) is 0 Å². The molecule has 5 rings (SSSR count). The Morgan fingerprint density at radius 3 is 2.83 bits per heavy atom. The van der Waals surface area contributed by atoms with Gasteiger partial charge < -0.3 is 19.5 Å². The van der Waals surface area contributed by atoms with Crippen molar-refractivity contribution in [2.75, 3.05) is 18.7 Å². The van der Waals surface area contributed by atoms with Crippen LogP contribution in [0.5, 0.6) is 11.5 Å². The fraction of sp³-hybridized carbons (Fsp3) is 0.368. The maximum atomic E-state index is 6.21. The van der Waals surface area contributed by atoms with E-state index in [-0.39, 0.29) is 12.1 Å². The molecule has 4 heteroatoms. The van der Waals surface area contributed by atoms with Gasteiger partial charge in [-0.25, -0.2) is 0 Å². The summed E-state index contributed by atoms with van der Waals surface area (Å²) in [4.78, 5) is 0. The highest BCUT2D eigenvalue weighted by Crippen LogP contribution is 2.54. The first-order chi connectivity index (χ1) is 11.4. The Morgan fingerprint density at radius 1 is 1.00 bits per heavy atom. The number of hydrogen-bond acceptors (Lipinski definition) is 4. The Balaban J connectivity index is 1.64. The number of hydrogen-bond donors (Lipinski definition) is 1. The normalized spacial score (nSPS) is 27.7. The molecule has 118 valence electrons. The first kappa shape index (κ1) is 13.3. The van der Waals surface area contributed by atoms with Gasteiger partial charge in [0.25, 0.3) is 0 Å². The molecule has 0 spiro atoms. The highest BCUT2D eigenvalue weighted by molar-refractivity contribution is 5.67. The minimum Gasteiger partial charge on any atom is -0.454 e. The summed E-state index contributed by atoms with van der Waals surface area (Å²) in [6.45, 7) is 1.11. The minimum atomic E-state index is 0.0712. The average Bonchev–Trinajstić information content (AvgIpc) is 3.10. The highest BCUT2D eigenvalue weighted by atomic mass is 16.7. The van der Waals surface area contributed by atoms with E-state index in [0.717, 1.165) is 42.2 Å². The van der Waals surface area contributed by atoms with Gasteiger partial charge in [0.05, 0.1) is 17.7 Å². The largest absolute Gasteiger partial charge is 0.454 e. The predicted octanol–water partition coefficient (Wildman–Crippen LogP) is 4.05. The van der Waals surface area contributed by atoms with Crippen molar-refractivity contribution in [3.63, 3.8) is 0 Å². The molecule has 0 aromatic heterocycles. The van der Waals surface area contributed by atoms with E-state index >= 15 is 0 Å². The molecule has 2 aromatic carbocycles. The Morgan fingerprint density at radius 2 is 1.91 bits per heavy atom. The topological polar surface area (TPSA) is 39.7 Å². The first-order valence-corrected chi connectivity index (χ1v) is 8.27. The van der Waals surface area contributed by atoms with Crippen LogP contribution in [0.4, 0.5) is 5.69 Å². The minimum absolute atomic E-state index is 0.0712. The van der Waals surface area contributed by atoms with Crippen LogP contribution in [0.25, 0.3) is 0 Å². The monoisotopic (exact) mass is 309 g/mol. The summed E-state index contributed by atoms with van der Waals surface area (Å²) in [6, 6.07) is 15.0. The van der Waals surface area contributed by atoms with E-state index in [4.69, 9.17) is 14.2 Å². The van der Waals surface area contributed by atoms with Crippen molar-refractivity contribution in [2.45, 2.75) is 25.0 Å². The second-order valence-corrected chi connectivity index (χ2v) is 6.39. The van der Waals surface area contributed by atoms with Crippen molar-refractivity contribution < 1.29 is 14.2 Å². The van der Waals surface area contributed by atoms with Gasteiger partial charge >= 0.3 is 0 Å². The van der Waals surface area contributed by atoms with Gasteiger partial charge in [0.1, 0.15) is 0 Å². The molecule has 23 heavy (non-hydrogen) atoms. The van der Waals surface area contributed by atoms with Crippen LogP contribution < -0.4 is 14.8 Å². The molecule has 3 aliphatic rings. The molecule has 0 aliphatic carbocycles. The number of benzene rings is 2. The van der Waals surface area contributed by atoms with E-state index in [1.54, 1.807) is 0 Å². The Kier molecular flexibility index (Phi) is 2.98. The SMILES string of the molecule is c1ccc(C2Nc3ccc4c(c3C3OCCCC23)OCO4)cc1. The van der Waals surface area contributed by atoms with Gasteiger partial charge in [0.15, 0.2) is 11.5 Å². The van der Waals surface area contributed by atoms with Crippen LogP contribution >= 0.6 is 0 Å². The maximum Gasteiger partial charge on any atom is 0.231 e. The number of rotatable bonds is 1. The molecule has 3 unspecified atom stereocenters. The van der Waals surface area contributed by atoms with E-state index in [2.05, 4.69) is 41.7 Å². The molecule has 1 fully saturated rings. The molecule has 3 heterocycles. The lowest BCUT2D eigenvalue weighted by molar-refractivity contribution is -0.0393. The van der Waals surface area contributed by atoms with Crippen LogP contribution in [0.15, 0.2) is 42.5 Å². The first-order valence-electron chi connectivity index (χ1n) is 8.27. The zero-order valence-corrected chi connectivity index (χ0v) is 12.8. The number of nitrogens with one attached hydrogen (secondary N) is 1. The van der Waals surface area contributed by atoms with E-state index < -0.39 is 0 Å². The molecule has 1 saturated heterocycles. The average molecular weight is 309 g/mol. The van der Waals surface area contributed by atoms with Gasteiger partial charge in [-0.3, -0.25) is 0 Å². The third-order valence-electron chi connectivity index (χ3n) is 5.13. The Hall–Kier alpha value is -2.20. The lowest BCUT2D eigenvalue weighted by atomic mass is 9.77. The van der Waals surface area contributed by atoms with E-state index in [9.17, 15) is 0 Å². The van der Waals surface area contributed by atoms with Gasteiger partial charge in [-0.1, -0.05) is 30.3 Å². The summed E-state index contributed by atoms with van der Waals surface area (Å²) in [5.41, 5.74) is 3.56. The maximum absolute atomic E-state index is 6.21. The molecule has 0 bridgehead atoms. The van der Waals surface area contributed by atoms with Crippen LogP contribution in [0, 0.1) is 5.92 Å². The standard InChI is InChI=1S/C19H19NO3/c1-2-5-12(6-3-1)17-13-7-4-10-21-18(13)16-14(20-17)8-9-15-19(16)23-11-22-15/h1-3,5-6,8-9,13,17-18,20H,4,7,10-11H2. The molecule has 4 nitrogen and oxygen atoms in total. The molecule has 3 atom stereocenters. The molecule has 0 radical (unpaired) electrons. The van der Waals surface area contributed by atoms with E-state index in [0.29, 0.717) is 12.7 Å². The van der Waals surface area contributed by atoms with E-state index in [1.807, 2.05) is 6.07 Å². The van der Waals surface area contributed by atoms with Crippen LogP contribution in [0.1, 0.15) is 36.1 Å². The van der Waals surface area contributed by atoms with E-state index in [1.165, 1.54) is 5.56 Å². The van der Waals surface area contributed by atoms with Crippen molar-refractivity contribution in [1.29, 1.82) is 0 Å². The molecular formula is C19H19NO3. The van der Waals surface area contributed by atoms with Crippen molar-refractivity contribution in [2.24, 2.45) is 5.92 Å². The fourth-order valence-corrected chi connectivity index (χ4v) is 4.11. The number of fused-ring (bicyclic) bond motifs is 5. The summed E-state index contributed by atoms with van der Waals surface area (Å²) < 4.78 is 17.5. The van der Waals surface area contributed by atoms with Crippen molar-refractivity contribution in [3.05, 3.63) is 53.6 Å². The molecular weight excluding hydrogens is 290 g/mol. The second-order valence-electron chi connectivity index (χ2n) is 6.39. The third kappa shape index (κ3) is 2.01. The summed E-state index contributed by atoms with van der Waals surface area (Å²) in [5, 5.41) is 3.73. The number of anilines is 1. The van der Waals surface area contributed by atoms with Crippen LogP contribution in [0.3, 0.4) is 0 Å². The lowest BCUT2D eigenvalue weighted by Gasteiger charge is -2.43. The van der Waals surface area contributed by atoms with Gasteiger partial charge in [0.2, 0.25) is 6.79 Å². The summed E-state index contributed by atoms with van der Waals surface area (Å²) >= 11 is 0. The zero-order valence-electron chi connectivity index (χ0n) is 12.8. The van der Waals surface area contributed by atoms with Crippen molar-refractivity contribution in [3.8, 4) is 11.5 Å². The molecule has 3 aliphatic heterocycles. The van der Waals surface area contributed by atoms with Gasteiger partial charge in [-0.05, 0) is 30.5 Å². The molecule has 1 N–H and O–H groups in total. The summed E-state index contributed by atoms with van der Waals surface area (Å²) in [6.07, 6.45) is 2.33. The second kappa shape index (κ2) is 5.17. The predicted molar refractivity (Wildman–Crippen MR) is 86.8 cm³/mol. The van der Waals surface area contributed by atoms with Gasteiger partial charge in [0, 0.05) is 18.2 Å². The Labute approximate surface area is 135 Å². The van der Waals surface area contributed by atoms with Crippen LogP contribution in [-0.4, -0.2) is 13.4 Å². The number of ether oxygens (including phenoxy) is 3. The summed E-state index contributed by atoms with van der Waals surface area (Å²) in [7, 11) is 0. The third-order valence-corrected chi connectivity index (χ3v) is 5.13. The molecule has 0 saturated carbocycles. The van der Waals surface area contributed by atoms with Crippen molar-refractivity contribution >= 4 is 5.69 Å². The van der Waals surface area contributed by atoms with Gasteiger partial charge in [-0.2, -0.15) is 0 Å². The Bertz CT molecular complexity index is 731. The molecule has 0 amide bonds. The molecule has 2 aromatic rings. The smallest absolute Gasteiger partial charge is 0.231 e. The summed E-state index contributed by atoms with van der Waals surface area (Å²) in [5.74, 6) is 2.10. The lowest BCUT2D eigenvalue weighted by Crippen LogP contribution is -2.36. The fourth-order valence-electron chi connectivity index (χ4n) is 4.11. The quantitative estimate of drug-likeness (QED) is 0.862. The van der Waals surface area contributed by atoms with Crippen LogP contribution in [0.2, 0.25) is 0 Å². The van der Waals surface area contributed by atoms with Gasteiger partial charge in [-0.15, -0.1) is 0 Å². The zero-order chi connectivity index (χ0) is 15.2. The van der Waals surface area contributed by atoms with Crippen LogP contribution in [-0.2, 0) is 4.74 Å².